The molecule has 0 fully saturated rings. The topological polar surface area (TPSA) is 120 Å². The van der Waals surface area contributed by atoms with E-state index in [0.29, 0.717) is 35.6 Å². The lowest BCUT2D eigenvalue weighted by Crippen LogP contribution is -2.31. The van der Waals surface area contributed by atoms with Gasteiger partial charge in [-0.3, -0.25) is 14.8 Å². The van der Waals surface area contributed by atoms with Gasteiger partial charge in [0.15, 0.2) is 17.1 Å². The first-order valence-corrected chi connectivity index (χ1v) is 12.7. The summed E-state index contributed by atoms with van der Waals surface area (Å²) in [6.07, 6.45) is 1.55. The van der Waals surface area contributed by atoms with Crippen molar-refractivity contribution in [2.45, 2.75) is 39.5 Å². The molecule has 0 aliphatic rings. The summed E-state index contributed by atoms with van der Waals surface area (Å²) in [6.45, 7) is 7.01. The third kappa shape index (κ3) is 4.25. The molecule has 1 unspecified atom stereocenters. The molecule has 4 heterocycles. The second-order valence-corrected chi connectivity index (χ2v) is 9.72. The van der Waals surface area contributed by atoms with E-state index in [2.05, 4.69) is 20.4 Å². The zero-order valence-corrected chi connectivity index (χ0v) is 21.8. The Morgan fingerprint density at radius 2 is 1.92 bits per heavy atom. The highest BCUT2D eigenvalue weighted by Gasteiger charge is 2.40. The molecule has 5 rings (SSSR count). The van der Waals surface area contributed by atoms with Crippen LogP contribution in [-0.2, 0) is 18.7 Å². The van der Waals surface area contributed by atoms with Crippen LogP contribution in [0, 0.1) is 6.92 Å². The van der Waals surface area contributed by atoms with Gasteiger partial charge in [0.1, 0.15) is 11.9 Å². The number of ether oxygens (including phenoxy) is 1. The van der Waals surface area contributed by atoms with E-state index in [1.54, 1.807) is 17.1 Å². The van der Waals surface area contributed by atoms with Crippen LogP contribution in [0.25, 0.3) is 11.2 Å². The molecule has 4 aromatic heterocycles. The normalized spacial score (nSPS) is 13.0. The Bertz CT molecular complexity index is 1570. The summed E-state index contributed by atoms with van der Waals surface area (Å²) in [7, 11) is 1.45. The van der Waals surface area contributed by atoms with Gasteiger partial charge in [-0.25, -0.2) is 9.97 Å². The second kappa shape index (κ2) is 9.75. The number of thiophene rings is 1. The first kappa shape index (κ1) is 24.6. The predicted octanol–water partition coefficient (Wildman–Crippen LogP) is 3.98. The van der Waals surface area contributed by atoms with E-state index in [0.717, 1.165) is 9.75 Å². The lowest BCUT2D eigenvalue weighted by Gasteiger charge is -2.28. The molecule has 5 aromatic rings. The summed E-state index contributed by atoms with van der Waals surface area (Å²) in [4.78, 5) is 28.5. The molecule has 1 atom stereocenters. The van der Waals surface area contributed by atoms with Gasteiger partial charge in [0.25, 0.3) is 5.91 Å². The van der Waals surface area contributed by atoms with Crippen molar-refractivity contribution in [3.63, 3.8) is 0 Å². The number of benzene rings is 1. The Morgan fingerprint density at radius 3 is 2.54 bits per heavy atom. The van der Waals surface area contributed by atoms with Gasteiger partial charge in [-0.15, -0.1) is 16.4 Å². The number of aliphatic hydroxyl groups is 1. The molecular formula is C26H27N7O3S. The zero-order chi connectivity index (χ0) is 26.2. The van der Waals surface area contributed by atoms with Crippen molar-refractivity contribution in [1.29, 1.82) is 0 Å². The van der Waals surface area contributed by atoms with Crippen LogP contribution in [0.15, 0.2) is 54.9 Å². The van der Waals surface area contributed by atoms with E-state index in [9.17, 15) is 9.90 Å². The van der Waals surface area contributed by atoms with Crippen molar-refractivity contribution in [3.8, 4) is 5.88 Å². The molecule has 190 valence electrons. The highest BCUT2D eigenvalue weighted by atomic mass is 32.1. The molecule has 0 aliphatic heterocycles. The van der Waals surface area contributed by atoms with Gasteiger partial charge in [-0.05, 0) is 44.5 Å². The molecule has 10 nitrogen and oxygen atoms in total. The largest absolute Gasteiger partial charge is 0.480 e. The minimum atomic E-state index is -1.52. The summed E-state index contributed by atoms with van der Waals surface area (Å²) in [5.74, 6) is 0.249. The SMILES string of the molecule is CCn1cnc(NC(=O)c2cc3c(nc2OC)nc(C(O)(c2ccccc2)c2ccc(C)s2)n3CC)n1. The molecule has 0 spiro atoms. The number of nitrogens with one attached hydrogen (secondary N) is 1. The quantitative estimate of drug-likeness (QED) is 0.319. The van der Waals surface area contributed by atoms with Crippen molar-refractivity contribution >= 4 is 34.4 Å². The van der Waals surface area contributed by atoms with E-state index in [1.165, 1.54) is 18.4 Å². The van der Waals surface area contributed by atoms with Crippen molar-refractivity contribution in [2.75, 3.05) is 12.4 Å². The number of carbonyl (C=O) groups is 1. The van der Waals surface area contributed by atoms with E-state index in [1.807, 2.05) is 67.8 Å². The van der Waals surface area contributed by atoms with Crippen LogP contribution >= 0.6 is 11.3 Å². The first-order chi connectivity index (χ1) is 17.9. The van der Waals surface area contributed by atoms with E-state index >= 15 is 0 Å². The van der Waals surface area contributed by atoms with E-state index < -0.39 is 11.5 Å². The lowest BCUT2D eigenvalue weighted by atomic mass is 9.91. The van der Waals surface area contributed by atoms with Crippen LogP contribution in [0.2, 0.25) is 0 Å². The number of fused-ring (bicyclic) bond motifs is 1. The van der Waals surface area contributed by atoms with Gasteiger partial charge in [-0.1, -0.05) is 30.3 Å². The molecule has 1 amide bonds. The van der Waals surface area contributed by atoms with Crippen LogP contribution in [0.3, 0.4) is 0 Å². The number of pyridine rings is 1. The smallest absolute Gasteiger partial charge is 0.263 e. The third-order valence-corrected chi connectivity index (χ3v) is 7.27. The maximum Gasteiger partial charge on any atom is 0.263 e. The molecule has 37 heavy (non-hydrogen) atoms. The van der Waals surface area contributed by atoms with Crippen molar-refractivity contribution in [3.05, 3.63) is 81.6 Å². The fourth-order valence-corrected chi connectivity index (χ4v) is 5.29. The molecule has 0 saturated carbocycles. The van der Waals surface area contributed by atoms with Gasteiger partial charge < -0.3 is 14.4 Å². The summed E-state index contributed by atoms with van der Waals surface area (Å²) in [5, 5.41) is 19.3. The number of hydrogen-bond acceptors (Lipinski definition) is 8. The number of nitrogens with zero attached hydrogens (tertiary/aromatic N) is 6. The van der Waals surface area contributed by atoms with Gasteiger partial charge in [0.05, 0.1) is 12.6 Å². The Balaban J connectivity index is 1.67. The predicted molar refractivity (Wildman–Crippen MR) is 141 cm³/mol. The van der Waals surface area contributed by atoms with Crippen LogP contribution in [0.1, 0.15) is 45.3 Å². The average Bonchev–Trinajstić information content (AvgIpc) is 3.66. The van der Waals surface area contributed by atoms with Crippen molar-refractivity contribution in [1.82, 2.24) is 29.3 Å². The molecule has 1 aromatic carbocycles. The Labute approximate surface area is 217 Å². The first-order valence-electron chi connectivity index (χ1n) is 11.9. The molecule has 2 N–H and O–H groups in total. The van der Waals surface area contributed by atoms with Gasteiger partial charge in [-0.2, -0.15) is 4.98 Å². The average molecular weight is 518 g/mol. The minimum absolute atomic E-state index is 0.113. The van der Waals surface area contributed by atoms with E-state index in [-0.39, 0.29) is 17.4 Å². The number of aromatic nitrogens is 6. The molecule has 0 aliphatic carbocycles. The minimum Gasteiger partial charge on any atom is -0.480 e. The van der Waals surface area contributed by atoms with Gasteiger partial charge in [0.2, 0.25) is 11.8 Å². The molecule has 0 bridgehead atoms. The van der Waals surface area contributed by atoms with Crippen LogP contribution in [-0.4, -0.2) is 47.4 Å². The maximum atomic E-state index is 13.2. The molecule has 0 radical (unpaired) electrons. The summed E-state index contributed by atoms with van der Waals surface area (Å²) in [5.41, 5.74) is 0.326. The van der Waals surface area contributed by atoms with E-state index in [4.69, 9.17) is 9.72 Å². The second-order valence-electron chi connectivity index (χ2n) is 8.43. The molecular weight excluding hydrogens is 490 g/mol. The number of methoxy groups -OCH3 is 1. The summed E-state index contributed by atoms with van der Waals surface area (Å²) in [6, 6.07) is 15.0. The Morgan fingerprint density at radius 1 is 1.14 bits per heavy atom. The number of aryl methyl sites for hydroxylation is 3. The van der Waals surface area contributed by atoms with Gasteiger partial charge >= 0.3 is 0 Å². The zero-order valence-electron chi connectivity index (χ0n) is 21.0. The number of anilines is 1. The highest BCUT2D eigenvalue weighted by molar-refractivity contribution is 7.12. The van der Waals surface area contributed by atoms with Gasteiger partial charge in [0, 0.05) is 22.8 Å². The van der Waals surface area contributed by atoms with Crippen LogP contribution in [0.5, 0.6) is 5.88 Å². The number of carbonyl (C=O) groups excluding carboxylic acids is 1. The fraction of sp³-hybridized carbons (Fsp3) is 0.269. The van der Waals surface area contributed by atoms with Crippen LogP contribution in [0.4, 0.5) is 5.95 Å². The highest BCUT2D eigenvalue weighted by Crippen LogP contribution is 2.41. The summed E-state index contributed by atoms with van der Waals surface area (Å²) >= 11 is 1.51. The third-order valence-electron chi connectivity index (χ3n) is 6.16. The molecule has 11 heteroatoms. The number of hydrogen-bond donors (Lipinski definition) is 2. The lowest BCUT2D eigenvalue weighted by molar-refractivity contribution is 0.102. The fourth-order valence-electron chi connectivity index (χ4n) is 4.31. The number of imidazole rings is 1. The summed E-state index contributed by atoms with van der Waals surface area (Å²) < 4.78 is 8.95. The van der Waals surface area contributed by atoms with Crippen molar-refractivity contribution in [2.24, 2.45) is 0 Å². The molecule has 0 saturated heterocycles. The Hall–Kier alpha value is -4.09. The number of rotatable bonds is 8. The Kier molecular flexibility index (Phi) is 6.48. The van der Waals surface area contributed by atoms with Crippen LogP contribution < -0.4 is 10.1 Å². The standard InChI is InChI=1S/C26H27N7O3S/c1-5-32-15-27-25(31-32)30-22(34)18-14-19-21(28-23(18)36-4)29-24(33(19)6-2)26(35,17-10-8-7-9-11-17)20-13-12-16(3)37-20/h7-15,35H,5-6H2,1-4H3,(H,30,31,34). The monoisotopic (exact) mass is 517 g/mol. The maximum absolute atomic E-state index is 13.2. The van der Waals surface area contributed by atoms with Crippen molar-refractivity contribution < 1.29 is 14.6 Å². The number of amides is 1.